The van der Waals surface area contributed by atoms with E-state index in [-0.39, 0.29) is 23.1 Å². The molecule has 4 unspecified atom stereocenters. The van der Waals surface area contributed by atoms with E-state index in [4.69, 9.17) is 4.98 Å². The van der Waals surface area contributed by atoms with Crippen molar-refractivity contribution in [1.29, 1.82) is 0 Å². The fourth-order valence-corrected chi connectivity index (χ4v) is 5.08. The van der Waals surface area contributed by atoms with Gasteiger partial charge in [0, 0.05) is 17.5 Å². The summed E-state index contributed by atoms with van der Waals surface area (Å²) in [5, 5.41) is 7.62. The van der Waals surface area contributed by atoms with Crippen molar-refractivity contribution >= 4 is 34.5 Å². The number of benzene rings is 1. The number of para-hydroxylation sites is 1. The Morgan fingerprint density at radius 3 is 2.63 bits per heavy atom. The minimum Gasteiger partial charge on any atom is -0.352 e. The molecule has 4 atom stereocenters. The number of carbonyl (C=O) groups excluding carboxylic acids is 2. The van der Waals surface area contributed by atoms with Crippen LogP contribution in [0.5, 0.6) is 0 Å². The van der Waals surface area contributed by atoms with Gasteiger partial charge in [-0.25, -0.2) is 4.98 Å². The predicted molar refractivity (Wildman–Crippen MR) is 122 cm³/mol. The van der Waals surface area contributed by atoms with E-state index in [1.807, 2.05) is 37.3 Å². The van der Waals surface area contributed by atoms with Crippen LogP contribution >= 0.6 is 11.8 Å². The SMILES string of the molecule is CC(Sc1cc(C(=O)NC2CC2)c2ccccc2n1)C(=O)NC1CCCC(C)C1C. The second-order valence-corrected chi connectivity index (χ2v) is 10.3. The number of pyridine rings is 1. The van der Waals surface area contributed by atoms with Gasteiger partial charge in [-0.3, -0.25) is 9.59 Å². The van der Waals surface area contributed by atoms with Gasteiger partial charge in [-0.2, -0.15) is 0 Å². The van der Waals surface area contributed by atoms with Crippen molar-refractivity contribution < 1.29 is 9.59 Å². The summed E-state index contributed by atoms with van der Waals surface area (Å²) in [6.07, 6.45) is 5.56. The Kier molecular flexibility index (Phi) is 6.32. The molecule has 6 heteroatoms. The number of thioether (sulfide) groups is 1. The maximum Gasteiger partial charge on any atom is 0.252 e. The number of hydrogen-bond acceptors (Lipinski definition) is 4. The fourth-order valence-electron chi connectivity index (χ4n) is 4.21. The van der Waals surface area contributed by atoms with Crippen molar-refractivity contribution in [2.45, 2.75) is 75.2 Å². The Bertz CT molecular complexity index is 943. The molecule has 2 aliphatic rings. The zero-order chi connectivity index (χ0) is 21.3. The molecule has 0 saturated heterocycles. The fraction of sp³-hybridized carbons (Fsp3) is 0.542. The molecule has 2 amide bonds. The first-order valence-corrected chi connectivity index (χ1v) is 12.0. The molecule has 0 spiro atoms. The standard InChI is InChI=1S/C24H31N3O2S/c1-14-7-6-10-20(15(14)2)27-23(28)16(3)30-22-13-19(24(29)25-17-11-12-17)18-8-4-5-9-21(18)26-22/h4-5,8-9,13-17,20H,6-7,10-12H2,1-3H3,(H,25,29)(H,27,28). The number of nitrogens with zero attached hydrogens (tertiary/aromatic N) is 1. The van der Waals surface area contributed by atoms with Gasteiger partial charge in [-0.1, -0.05) is 56.7 Å². The summed E-state index contributed by atoms with van der Waals surface area (Å²) in [5.74, 6) is 1.13. The van der Waals surface area contributed by atoms with Crippen LogP contribution in [0.25, 0.3) is 10.9 Å². The molecular formula is C24H31N3O2S. The number of amides is 2. The van der Waals surface area contributed by atoms with Crippen LogP contribution in [0, 0.1) is 11.8 Å². The van der Waals surface area contributed by atoms with E-state index in [1.165, 1.54) is 24.6 Å². The Balaban J connectivity index is 1.49. The van der Waals surface area contributed by atoms with Gasteiger partial charge in [0.25, 0.3) is 5.91 Å². The highest BCUT2D eigenvalue weighted by molar-refractivity contribution is 8.00. The minimum atomic E-state index is -0.276. The second-order valence-electron chi connectivity index (χ2n) is 8.92. The molecule has 30 heavy (non-hydrogen) atoms. The zero-order valence-corrected chi connectivity index (χ0v) is 18.8. The average Bonchev–Trinajstić information content (AvgIpc) is 3.54. The number of hydrogen-bond donors (Lipinski definition) is 2. The lowest BCUT2D eigenvalue weighted by atomic mass is 9.78. The van der Waals surface area contributed by atoms with Crippen molar-refractivity contribution in [3.63, 3.8) is 0 Å². The summed E-state index contributed by atoms with van der Waals surface area (Å²) < 4.78 is 0. The maximum atomic E-state index is 12.9. The van der Waals surface area contributed by atoms with E-state index in [0.717, 1.165) is 30.2 Å². The summed E-state index contributed by atoms with van der Waals surface area (Å²) in [6, 6.07) is 10.1. The van der Waals surface area contributed by atoms with Crippen LogP contribution in [-0.2, 0) is 4.79 Å². The van der Waals surface area contributed by atoms with Gasteiger partial charge < -0.3 is 10.6 Å². The van der Waals surface area contributed by atoms with E-state index in [9.17, 15) is 9.59 Å². The lowest BCUT2D eigenvalue weighted by molar-refractivity contribution is -0.121. The molecule has 2 fully saturated rings. The first kappa shape index (κ1) is 21.2. The van der Waals surface area contributed by atoms with Crippen LogP contribution in [0.3, 0.4) is 0 Å². The molecule has 160 valence electrons. The highest BCUT2D eigenvalue weighted by Gasteiger charge is 2.30. The lowest BCUT2D eigenvalue weighted by Crippen LogP contribution is -2.46. The molecule has 2 N–H and O–H groups in total. The third-order valence-electron chi connectivity index (χ3n) is 6.55. The minimum absolute atomic E-state index is 0.0462. The van der Waals surface area contributed by atoms with Gasteiger partial charge in [0.05, 0.1) is 21.4 Å². The third kappa shape index (κ3) is 4.80. The van der Waals surface area contributed by atoms with Crippen molar-refractivity contribution in [3.8, 4) is 0 Å². The summed E-state index contributed by atoms with van der Waals surface area (Å²) in [7, 11) is 0. The summed E-state index contributed by atoms with van der Waals surface area (Å²) in [4.78, 5) is 30.4. The molecule has 0 aliphatic heterocycles. The first-order valence-electron chi connectivity index (χ1n) is 11.1. The Labute approximate surface area is 182 Å². The molecule has 2 aromatic rings. The molecule has 1 aromatic heterocycles. The van der Waals surface area contributed by atoms with Gasteiger partial charge in [-0.15, -0.1) is 0 Å². The Morgan fingerprint density at radius 1 is 1.10 bits per heavy atom. The molecule has 2 aliphatic carbocycles. The number of aromatic nitrogens is 1. The van der Waals surface area contributed by atoms with Crippen LogP contribution in [0.2, 0.25) is 0 Å². The quantitative estimate of drug-likeness (QED) is 0.666. The zero-order valence-electron chi connectivity index (χ0n) is 18.0. The van der Waals surface area contributed by atoms with Gasteiger partial charge in [-0.05, 0) is 50.2 Å². The average molecular weight is 426 g/mol. The largest absolute Gasteiger partial charge is 0.352 e. The van der Waals surface area contributed by atoms with Crippen LogP contribution in [0.15, 0.2) is 35.4 Å². The third-order valence-corrected chi connectivity index (χ3v) is 7.57. The highest BCUT2D eigenvalue weighted by atomic mass is 32.2. The highest BCUT2D eigenvalue weighted by Crippen LogP contribution is 2.31. The van der Waals surface area contributed by atoms with E-state index in [1.54, 1.807) is 0 Å². The number of fused-ring (bicyclic) bond motifs is 1. The van der Waals surface area contributed by atoms with Crippen molar-refractivity contribution in [2.75, 3.05) is 0 Å². The molecule has 1 aromatic carbocycles. The molecular weight excluding hydrogens is 394 g/mol. The molecule has 4 rings (SSSR count). The summed E-state index contributed by atoms with van der Waals surface area (Å²) >= 11 is 1.42. The molecule has 0 bridgehead atoms. The van der Waals surface area contributed by atoms with Crippen LogP contribution in [0.1, 0.15) is 63.2 Å². The Hall–Kier alpha value is -2.08. The lowest BCUT2D eigenvalue weighted by Gasteiger charge is -2.35. The molecule has 2 saturated carbocycles. The van der Waals surface area contributed by atoms with Crippen LogP contribution in [-0.4, -0.2) is 34.1 Å². The Morgan fingerprint density at radius 2 is 1.87 bits per heavy atom. The normalized spacial score (nSPS) is 25.0. The van der Waals surface area contributed by atoms with E-state index in [0.29, 0.717) is 28.5 Å². The first-order chi connectivity index (χ1) is 14.4. The summed E-state index contributed by atoms with van der Waals surface area (Å²) in [5.41, 5.74) is 1.42. The van der Waals surface area contributed by atoms with Gasteiger partial charge in [0.15, 0.2) is 0 Å². The van der Waals surface area contributed by atoms with Crippen molar-refractivity contribution in [2.24, 2.45) is 11.8 Å². The van der Waals surface area contributed by atoms with E-state index in [2.05, 4.69) is 24.5 Å². The van der Waals surface area contributed by atoms with Gasteiger partial charge in [0.1, 0.15) is 0 Å². The maximum absolute atomic E-state index is 12.9. The van der Waals surface area contributed by atoms with Crippen LogP contribution in [0.4, 0.5) is 0 Å². The van der Waals surface area contributed by atoms with Crippen molar-refractivity contribution in [3.05, 3.63) is 35.9 Å². The number of rotatable bonds is 6. The smallest absolute Gasteiger partial charge is 0.252 e. The second kappa shape index (κ2) is 8.96. The summed E-state index contributed by atoms with van der Waals surface area (Å²) in [6.45, 7) is 6.42. The molecule has 1 heterocycles. The van der Waals surface area contributed by atoms with Gasteiger partial charge in [0.2, 0.25) is 5.91 Å². The topological polar surface area (TPSA) is 71.1 Å². The van der Waals surface area contributed by atoms with Crippen molar-refractivity contribution in [1.82, 2.24) is 15.6 Å². The molecule has 0 radical (unpaired) electrons. The van der Waals surface area contributed by atoms with Gasteiger partial charge >= 0.3 is 0 Å². The molecule has 5 nitrogen and oxygen atoms in total. The number of nitrogens with one attached hydrogen (secondary N) is 2. The monoisotopic (exact) mass is 425 g/mol. The van der Waals surface area contributed by atoms with Crippen LogP contribution < -0.4 is 10.6 Å². The van der Waals surface area contributed by atoms with E-state index < -0.39 is 0 Å². The van der Waals surface area contributed by atoms with E-state index >= 15 is 0 Å². The number of carbonyl (C=O) groups is 2. The predicted octanol–water partition coefficient (Wildman–Crippen LogP) is 4.55.